The van der Waals surface area contributed by atoms with E-state index in [0.29, 0.717) is 12.6 Å². The molecular formula is C12H23N3O2. The van der Waals surface area contributed by atoms with Gasteiger partial charge in [-0.15, -0.1) is 0 Å². The molecule has 1 aliphatic carbocycles. The molecule has 0 bridgehead atoms. The standard InChI is InChI=1S/C12H23N3O2/c1-4-15(9-7-5-6-8-9)11(16)12(2,3)10(13)14-17/h9,17H,4-8H2,1-3H3,(H2,13,14). The predicted molar refractivity (Wildman–Crippen MR) is 66.8 cm³/mol. The fourth-order valence-corrected chi connectivity index (χ4v) is 2.38. The minimum Gasteiger partial charge on any atom is -0.409 e. The van der Waals surface area contributed by atoms with Gasteiger partial charge in [0.2, 0.25) is 5.91 Å². The molecule has 1 amide bonds. The monoisotopic (exact) mass is 241 g/mol. The van der Waals surface area contributed by atoms with Gasteiger partial charge in [0, 0.05) is 12.6 Å². The van der Waals surface area contributed by atoms with Crippen LogP contribution in [-0.2, 0) is 4.79 Å². The fourth-order valence-electron chi connectivity index (χ4n) is 2.38. The van der Waals surface area contributed by atoms with Crippen molar-refractivity contribution in [2.24, 2.45) is 16.3 Å². The fraction of sp³-hybridized carbons (Fsp3) is 0.833. The Labute approximate surface area is 103 Å². The molecular weight excluding hydrogens is 218 g/mol. The first-order chi connectivity index (χ1) is 7.95. The van der Waals surface area contributed by atoms with Gasteiger partial charge in [0.1, 0.15) is 5.41 Å². The molecule has 0 aromatic heterocycles. The summed E-state index contributed by atoms with van der Waals surface area (Å²) in [5.41, 5.74) is 4.66. The number of carbonyl (C=O) groups excluding carboxylic acids is 1. The van der Waals surface area contributed by atoms with Crippen molar-refractivity contribution in [2.75, 3.05) is 6.54 Å². The molecule has 5 heteroatoms. The predicted octanol–water partition coefficient (Wildman–Crippen LogP) is 1.55. The van der Waals surface area contributed by atoms with Crippen LogP contribution >= 0.6 is 0 Å². The third-order valence-corrected chi connectivity index (χ3v) is 3.65. The summed E-state index contributed by atoms with van der Waals surface area (Å²) in [6.07, 6.45) is 4.48. The van der Waals surface area contributed by atoms with Crippen molar-refractivity contribution in [3.63, 3.8) is 0 Å². The van der Waals surface area contributed by atoms with Gasteiger partial charge in [-0.2, -0.15) is 0 Å². The number of hydrogen-bond donors (Lipinski definition) is 2. The molecule has 1 saturated carbocycles. The van der Waals surface area contributed by atoms with E-state index in [-0.39, 0.29) is 11.7 Å². The Hall–Kier alpha value is -1.26. The average Bonchev–Trinajstić information content (AvgIpc) is 2.82. The molecule has 0 radical (unpaired) electrons. The zero-order chi connectivity index (χ0) is 13.1. The van der Waals surface area contributed by atoms with Gasteiger partial charge in [-0.1, -0.05) is 18.0 Å². The van der Waals surface area contributed by atoms with Crippen LogP contribution in [0, 0.1) is 5.41 Å². The summed E-state index contributed by atoms with van der Waals surface area (Å²) in [5, 5.41) is 11.7. The molecule has 0 atom stereocenters. The summed E-state index contributed by atoms with van der Waals surface area (Å²) in [6.45, 7) is 6.04. The average molecular weight is 241 g/mol. The second-order valence-corrected chi connectivity index (χ2v) is 5.14. The number of oxime groups is 1. The number of amides is 1. The van der Waals surface area contributed by atoms with E-state index < -0.39 is 5.41 Å². The van der Waals surface area contributed by atoms with Crippen LogP contribution < -0.4 is 5.73 Å². The Kier molecular flexibility index (Phi) is 4.37. The lowest BCUT2D eigenvalue weighted by molar-refractivity contribution is -0.139. The van der Waals surface area contributed by atoms with Crippen molar-refractivity contribution >= 4 is 11.7 Å². The normalized spacial score (nSPS) is 18.4. The van der Waals surface area contributed by atoms with Crippen molar-refractivity contribution < 1.29 is 10.0 Å². The maximum Gasteiger partial charge on any atom is 0.236 e. The molecule has 1 aliphatic rings. The van der Waals surface area contributed by atoms with Gasteiger partial charge in [0.15, 0.2) is 5.84 Å². The first kappa shape index (κ1) is 13.8. The molecule has 0 spiro atoms. The zero-order valence-electron chi connectivity index (χ0n) is 10.9. The molecule has 0 aromatic rings. The molecule has 98 valence electrons. The van der Waals surface area contributed by atoms with E-state index in [1.807, 2.05) is 11.8 Å². The van der Waals surface area contributed by atoms with E-state index in [4.69, 9.17) is 10.9 Å². The minimum atomic E-state index is -0.937. The third-order valence-electron chi connectivity index (χ3n) is 3.65. The van der Waals surface area contributed by atoms with Crippen LogP contribution in [0.3, 0.4) is 0 Å². The number of nitrogens with two attached hydrogens (primary N) is 1. The smallest absolute Gasteiger partial charge is 0.236 e. The van der Waals surface area contributed by atoms with Crippen LogP contribution in [0.4, 0.5) is 0 Å². The van der Waals surface area contributed by atoms with Crippen molar-refractivity contribution in [3.8, 4) is 0 Å². The molecule has 0 saturated heterocycles. The molecule has 0 aliphatic heterocycles. The maximum atomic E-state index is 12.4. The quantitative estimate of drug-likeness (QED) is 0.339. The molecule has 0 heterocycles. The Morgan fingerprint density at radius 2 is 2.00 bits per heavy atom. The van der Waals surface area contributed by atoms with Crippen molar-refractivity contribution in [1.29, 1.82) is 0 Å². The van der Waals surface area contributed by atoms with Gasteiger partial charge < -0.3 is 15.8 Å². The summed E-state index contributed by atoms with van der Waals surface area (Å²) in [6, 6.07) is 0.318. The highest BCUT2D eigenvalue weighted by molar-refractivity contribution is 6.05. The Morgan fingerprint density at radius 3 is 2.41 bits per heavy atom. The number of nitrogens with zero attached hydrogens (tertiary/aromatic N) is 2. The van der Waals surface area contributed by atoms with Gasteiger partial charge in [-0.3, -0.25) is 4.79 Å². The highest BCUT2D eigenvalue weighted by Crippen LogP contribution is 2.28. The minimum absolute atomic E-state index is 0.0288. The number of carbonyl (C=O) groups is 1. The topological polar surface area (TPSA) is 78.9 Å². The van der Waals surface area contributed by atoms with E-state index >= 15 is 0 Å². The van der Waals surface area contributed by atoms with E-state index in [2.05, 4.69) is 5.16 Å². The van der Waals surface area contributed by atoms with E-state index in [0.717, 1.165) is 12.8 Å². The molecule has 17 heavy (non-hydrogen) atoms. The van der Waals surface area contributed by atoms with Gasteiger partial charge in [-0.05, 0) is 33.6 Å². The molecule has 1 fully saturated rings. The van der Waals surface area contributed by atoms with Crippen LogP contribution in [0.15, 0.2) is 5.16 Å². The molecule has 3 N–H and O–H groups in total. The van der Waals surface area contributed by atoms with Crippen LogP contribution in [0.1, 0.15) is 46.5 Å². The number of hydrogen-bond acceptors (Lipinski definition) is 3. The van der Waals surface area contributed by atoms with E-state index in [1.165, 1.54) is 12.8 Å². The molecule has 0 aromatic carbocycles. The van der Waals surface area contributed by atoms with Crippen molar-refractivity contribution in [1.82, 2.24) is 4.90 Å². The highest BCUT2D eigenvalue weighted by atomic mass is 16.4. The van der Waals surface area contributed by atoms with Gasteiger partial charge in [-0.25, -0.2) is 0 Å². The lowest BCUT2D eigenvalue weighted by atomic mass is 9.89. The molecule has 0 unspecified atom stereocenters. The SMILES string of the molecule is CCN(C(=O)C(C)(C)C(N)=NO)C1CCCC1. The third kappa shape index (κ3) is 2.70. The Morgan fingerprint density at radius 1 is 1.47 bits per heavy atom. The summed E-state index contributed by atoms with van der Waals surface area (Å²) in [5.74, 6) is -0.0823. The molecule has 5 nitrogen and oxygen atoms in total. The maximum absolute atomic E-state index is 12.4. The highest BCUT2D eigenvalue weighted by Gasteiger charge is 2.38. The summed E-state index contributed by atoms with van der Waals surface area (Å²) >= 11 is 0. The van der Waals surface area contributed by atoms with Gasteiger partial charge in [0.05, 0.1) is 0 Å². The largest absolute Gasteiger partial charge is 0.409 e. The van der Waals surface area contributed by atoms with Gasteiger partial charge in [0.25, 0.3) is 0 Å². The first-order valence-corrected chi connectivity index (χ1v) is 6.24. The molecule has 1 rings (SSSR count). The lowest BCUT2D eigenvalue weighted by Crippen LogP contribution is -2.51. The van der Waals surface area contributed by atoms with Gasteiger partial charge >= 0.3 is 0 Å². The van der Waals surface area contributed by atoms with Crippen LogP contribution in [0.2, 0.25) is 0 Å². The van der Waals surface area contributed by atoms with E-state index in [1.54, 1.807) is 13.8 Å². The second-order valence-electron chi connectivity index (χ2n) is 5.14. The Bertz CT molecular complexity index is 307. The first-order valence-electron chi connectivity index (χ1n) is 6.24. The lowest BCUT2D eigenvalue weighted by Gasteiger charge is -2.34. The van der Waals surface area contributed by atoms with Crippen molar-refractivity contribution in [2.45, 2.75) is 52.5 Å². The second kappa shape index (κ2) is 5.38. The summed E-state index contributed by atoms with van der Waals surface area (Å²) in [4.78, 5) is 14.3. The number of amidine groups is 1. The zero-order valence-corrected chi connectivity index (χ0v) is 10.9. The van der Waals surface area contributed by atoms with E-state index in [9.17, 15) is 4.79 Å². The van der Waals surface area contributed by atoms with Crippen LogP contribution in [0.25, 0.3) is 0 Å². The van der Waals surface area contributed by atoms with Crippen molar-refractivity contribution in [3.05, 3.63) is 0 Å². The number of rotatable bonds is 4. The van der Waals surface area contributed by atoms with Crippen LogP contribution in [-0.4, -0.2) is 34.4 Å². The summed E-state index contributed by atoms with van der Waals surface area (Å²) < 4.78 is 0. The Balaban J connectivity index is 2.85. The summed E-state index contributed by atoms with van der Waals surface area (Å²) in [7, 11) is 0. The van der Waals surface area contributed by atoms with Crippen LogP contribution in [0.5, 0.6) is 0 Å².